The maximum atomic E-state index is 6.12. The number of rotatable bonds is 5. The Bertz CT molecular complexity index is 365. The SMILES string of the molecule is CCCOc1cccnc1NC1CCC(Cl)CC1. The fourth-order valence-electron chi connectivity index (χ4n) is 2.22. The van der Waals surface area contributed by atoms with Gasteiger partial charge in [0, 0.05) is 17.6 Å². The minimum Gasteiger partial charge on any atom is -0.490 e. The number of nitrogens with zero attached hydrogens (tertiary/aromatic N) is 1. The predicted molar refractivity (Wildman–Crippen MR) is 75.5 cm³/mol. The molecular formula is C14H21ClN2O. The third-order valence-corrected chi connectivity index (χ3v) is 3.67. The van der Waals surface area contributed by atoms with E-state index in [4.69, 9.17) is 16.3 Å². The molecule has 1 heterocycles. The number of hydrogen-bond acceptors (Lipinski definition) is 3. The maximum Gasteiger partial charge on any atom is 0.168 e. The smallest absolute Gasteiger partial charge is 0.168 e. The van der Waals surface area contributed by atoms with Crippen LogP contribution in [-0.4, -0.2) is 23.0 Å². The average molecular weight is 269 g/mol. The van der Waals surface area contributed by atoms with Crippen molar-refractivity contribution in [3.63, 3.8) is 0 Å². The molecule has 100 valence electrons. The molecule has 2 rings (SSSR count). The van der Waals surface area contributed by atoms with Gasteiger partial charge in [0.1, 0.15) is 0 Å². The maximum absolute atomic E-state index is 6.12. The van der Waals surface area contributed by atoms with Crippen LogP contribution in [0.15, 0.2) is 18.3 Å². The van der Waals surface area contributed by atoms with Crippen LogP contribution >= 0.6 is 11.6 Å². The van der Waals surface area contributed by atoms with Crippen LogP contribution in [0, 0.1) is 0 Å². The Morgan fingerprint density at radius 3 is 2.89 bits per heavy atom. The van der Waals surface area contributed by atoms with E-state index in [2.05, 4.69) is 17.2 Å². The number of hydrogen-bond donors (Lipinski definition) is 1. The van der Waals surface area contributed by atoms with Crippen molar-refractivity contribution in [1.82, 2.24) is 4.98 Å². The Morgan fingerprint density at radius 2 is 2.17 bits per heavy atom. The molecule has 0 saturated heterocycles. The molecule has 1 N–H and O–H groups in total. The van der Waals surface area contributed by atoms with Gasteiger partial charge in [0.25, 0.3) is 0 Å². The Balaban J connectivity index is 1.95. The molecule has 3 nitrogen and oxygen atoms in total. The lowest BCUT2D eigenvalue weighted by atomic mass is 9.95. The third-order valence-electron chi connectivity index (χ3n) is 3.23. The largest absolute Gasteiger partial charge is 0.490 e. The lowest BCUT2D eigenvalue weighted by Gasteiger charge is -2.26. The molecular weight excluding hydrogens is 248 g/mol. The highest BCUT2D eigenvalue weighted by Crippen LogP contribution is 2.28. The highest BCUT2D eigenvalue weighted by atomic mass is 35.5. The van der Waals surface area contributed by atoms with Gasteiger partial charge in [0.15, 0.2) is 11.6 Å². The van der Waals surface area contributed by atoms with Crippen LogP contribution in [-0.2, 0) is 0 Å². The predicted octanol–water partition coefficient (Wildman–Crippen LogP) is 3.83. The zero-order valence-electron chi connectivity index (χ0n) is 10.9. The second-order valence-electron chi connectivity index (χ2n) is 4.79. The van der Waals surface area contributed by atoms with Crippen LogP contribution in [0.1, 0.15) is 39.0 Å². The molecule has 1 aliphatic rings. The summed E-state index contributed by atoms with van der Waals surface area (Å²) in [6.45, 7) is 2.83. The van der Waals surface area contributed by atoms with Crippen molar-refractivity contribution < 1.29 is 4.74 Å². The number of ether oxygens (including phenoxy) is 1. The molecule has 1 aromatic heterocycles. The molecule has 0 aromatic carbocycles. The lowest BCUT2D eigenvalue weighted by Crippen LogP contribution is -2.27. The van der Waals surface area contributed by atoms with E-state index in [1.54, 1.807) is 6.20 Å². The quantitative estimate of drug-likeness (QED) is 0.824. The highest BCUT2D eigenvalue weighted by molar-refractivity contribution is 6.20. The van der Waals surface area contributed by atoms with E-state index in [0.29, 0.717) is 11.4 Å². The van der Waals surface area contributed by atoms with Crippen molar-refractivity contribution in [2.24, 2.45) is 0 Å². The van der Waals surface area contributed by atoms with Gasteiger partial charge in [0.05, 0.1) is 6.61 Å². The Morgan fingerprint density at radius 1 is 1.39 bits per heavy atom. The molecule has 1 aliphatic carbocycles. The lowest BCUT2D eigenvalue weighted by molar-refractivity contribution is 0.317. The zero-order valence-corrected chi connectivity index (χ0v) is 11.6. The number of anilines is 1. The third kappa shape index (κ3) is 3.77. The standard InChI is InChI=1S/C14H21ClN2O/c1-2-10-18-13-4-3-9-16-14(13)17-12-7-5-11(15)6-8-12/h3-4,9,11-12H,2,5-8,10H2,1H3,(H,16,17). The first-order valence-corrected chi connectivity index (χ1v) is 7.21. The van der Waals surface area contributed by atoms with Gasteiger partial charge >= 0.3 is 0 Å². The molecule has 1 fully saturated rings. The number of pyridine rings is 1. The first-order chi connectivity index (χ1) is 8.79. The van der Waals surface area contributed by atoms with Gasteiger partial charge in [-0.3, -0.25) is 0 Å². The highest BCUT2D eigenvalue weighted by Gasteiger charge is 2.20. The van der Waals surface area contributed by atoms with Gasteiger partial charge in [-0.1, -0.05) is 6.92 Å². The van der Waals surface area contributed by atoms with Crippen LogP contribution in [0.2, 0.25) is 0 Å². The summed E-state index contributed by atoms with van der Waals surface area (Å²) >= 11 is 6.12. The zero-order chi connectivity index (χ0) is 12.8. The van der Waals surface area contributed by atoms with E-state index < -0.39 is 0 Å². The van der Waals surface area contributed by atoms with E-state index in [9.17, 15) is 0 Å². The van der Waals surface area contributed by atoms with E-state index in [-0.39, 0.29) is 0 Å². The summed E-state index contributed by atoms with van der Waals surface area (Å²) in [5.41, 5.74) is 0. The molecule has 0 spiro atoms. The molecule has 0 aliphatic heterocycles. The molecule has 0 unspecified atom stereocenters. The van der Waals surface area contributed by atoms with Crippen LogP contribution in [0.5, 0.6) is 5.75 Å². The summed E-state index contributed by atoms with van der Waals surface area (Å²) in [4.78, 5) is 4.38. The average Bonchev–Trinajstić information content (AvgIpc) is 2.40. The summed E-state index contributed by atoms with van der Waals surface area (Å²) in [7, 11) is 0. The molecule has 0 bridgehead atoms. The van der Waals surface area contributed by atoms with Gasteiger partial charge in [-0.2, -0.15) is 0 Å². The fraction of sp³-hybridized carbons (Fsp3) is 0.643. The fourth-order valence-corrected chi connectivity index (χ4v) is 2.47. The van der Waals surface area contributed by atoms with Gasteiger partial charge in [-0.25, -0.2) is 4.98 Å². The first-order valence-electron chi connectivity index (χ1n) is 6.78. The Labute approximate surface area is 114 Å². The number of nitrogens with one attached hydrogen (secondary N) is 1. The number of halogens is 1. The molecule has 0 atom stereocenters. The second-order valence-corrected chi connectivity index (χ2v) is 5.41. The first kappa shape index (κ1) is 13.5. The Hall–Kier alpha value is -0.960. The molecule has 0 radical (unpaired) electrons. The monoisotopic (exact) mass is 268 g/mol. The molecule has 4 heteroatoms. The summed E-state index contributed by atoms with van der Waals surface area (Å²) in [6, 6.07) is 4.35. The van der Waals surface area contributed by atoms with E-state index in [1.165, 1.54) is 0 Å². The molecule has 0 amide bonds. The van der Waals surface area contributed by atoms with E-state index >= 15 is 0 Å². The topological polar surface area (TPSA) is 34.1 Å². The number of aromatic nitrogens is 1. The van der Waals surface area contributed by atoms with Crippen LogP contribution in [0.4, 0.5) is 5.82 Å². The summed E-state index contributed by atoms with van der Waals surface area (Å²) in [5.74, 6) is 1.72. The van der Waals surface area contributed by atoms with Crippen LogP contribution in [0.25, 0.3) is 0 Å². The molecule has 1 aromatic rings. The van der Waals surface area contributed by atoms with Gasteiger partial charge in [-0.15, -0.1) is 11.6 Å². The normalized spacial score (nSPS) is 23.7. The number of alkyl halides is 1. The van der Waals surface area contributed by atoms with Gasteiger partial charge < -0.3 is 10.1 Å². The second kappa shape index (κ2) is 6.83. The van der Waals surface area contributed by atoms with Crippen molar-refractivity contribution >= 4 is 17.4 Å². The molecule has 1 saturated carbocycles. The van der Waals surface area contributed by atoms with Crippen molar-refractivity contribution in [2.45, 2.75) is 50.4 Å². The van der Waals surface area contributed by atoms with E-state index in [1.807, 2.05) is 12.1 Å². The van der Waals surface area contributed by atoms with Crippen molar-refractivity contribution in [3.8, 4) is 5.75 Å². The van der Waals surface area contributed by atoms with Gasteiger partial charge in [-0.05, 0) is 44.2 Å². The minimum atomic E-state index is 0.350. The van der Waals surface area contributed by atoms with Crippen molar-refractivity contribution in [2.75, 3.05) is 11.9 Å². The van der Waals surface area contributed by atoms with Crippen LogP contribution < -0.4 is 10.1 Å². The summed E-state index contributed by atoms with van der Waals surface area (Å²) < 4.78 is 5.70. The van der Waals surface area contributed by atoms with E-state index in [0.717, 1.165) is 50.3 Å². The summed E-state index contributed by atoms with van der Waals surface area (Å²) in [5, 5.41) is 3.83. The van der Waals surface area contributed by atoms with Crippen molar-refractivity contribution in [3.05, 3.63) is 18.3 Å². The van der Waals surface area contributed by atoms with Crippen LogP contribution in [0.3, 0.4) is 0 Å². The van der Waals surface area contributed by atoms with Crippen molar-refractivity contribution in [1.29, 1.82) is 0 Å². The minimum absolute atomic E-state index is 0.350. The summed E-state index contributed by atoms with van der Waals surface area (Å²) in [6.07, 6.45) is 7.18. The Kier molecular flexibility index (Phi) is 5.12. The van der Waals surface area contributed by atoms with Gasteiger partial charge in [0.2, 0.25) is 0 Å². The molecule has 18 heavy (non-hydrogen) atoms.